The highest BCUT2D eigenvalue weighted by Gasteiger charge is 2.42. The summed E-state index contributed by atoms with van der Waals surface area (Å²) >= 11 is 0. The summed E-state index contributed by atoms with van der Waals surface area (Å²) in [5, 5.41) is 9.13. The molecule has 4 aliphatic rings. The summed E-state index contributed by atoms with van der Waals surface area (Å²) in [4.78, 5) is 4.95. The lowest BCUT2D eigenvalue weighted by Gasteiger charge is -2.40. The zero-order valence-corrected chi connectivity index (χ0v) is 35.2. The highest BCUT2D eigenvalue weighted by atomic mass is 28.3. The maximum absolute atomic E-state index is 2.58. The molecule has 0 unspecified atom stereocenters. The Morgan fingerprint density at radius 1 is 0.310 bits per heavy atom. The van der Waals surface area contributed by atoms with E-state index < -0.39 is 16.1 Å². The Kier molecular flexibility index (Phi) is 6.98. The second kappa shape index (κ2) is 12.0. The number of fused-ring (bicyclic) bond motifs is 8. The number of hydrogen-bond donors (Lipinski definition) is 0. The molecule has 0 N–H and O–H groups in total. The van der Waals surface area contributed by atoms with Crippen molar-refractivity contribution in [2.24, 2.45) is 0 Å². The van der Waals surface area contributed by atoms with Crippen molar-refractivity contribution >= 4 is 106 Å². The van der Waals surface area contributed by atoms with Crippen LogP contribution in [0.2, 0.25) is 26.2 Å². The quantitative estimate of drug-likeness (QED) is 0.161. The van der Waals surface area contributed by atoms with Crippen molar-refractivity contribution in [2.45, 2.75) is 26.2 Å². The Labute approximate surface area is 342 Å². The molecule has 4 heterocycles. The molecule has 4 heteroatoms. The summed E-state index contributed by atoms with van der Waals surface area (Å²) in [7, 11) is -4.34. The second-order valence-corrected chi connectivity index (χ2v) is 26.0. The number of hydrogen-bond acceptors (Lipinski definition) is 2. The van der Waals surface area contributed by atoms with Crippen molar-refractivity contribution in [3.63, 3.8) is 0 Å². The summed E-state index contributed by atoms with van der Waals surface area (Å²) in [5.41, 5.74) is 17.8. The van der Waals surface area contributed by atoms with Crippen LogP contribution in [0.5, 0.6) is 0 Å². The van der Waals surface area contributed by atoms with E-state index in [-0.39, 0.29) is 0 Å². The van der Waals surface area contributed by atoms with Gasteiger partial charge in [0.1, 0.15) is 16.1 Å². The van der Waals surface area contributed by atoms with Gasteiger partial charge in [-0.2, -0.15) is 0 Å². The van der Waals surface area contributed by atoms with Gasteiger partial charge in [-0.15, -0.1) is 0 Å². The summed E-state index contributed by atoms with van der Waals surface area (Å²) in [6, 6.07) is 59.8. The third-order valence-electron chi connectivity index (χ3n) is 13.6. The van der Waals surface area contributed by atoms with Gasteiger partial charge in [-0.1, -0.05) is 160 Å². The molecule has 0 saturated carbocycles. The van der Waals surface area contributed by atoms with Crippen molar-refractivity contribution in [2.75, 3.05) is 9.80 Å². The van der Waals surface area contributed by atoms with Gasteiger partial charge in [0.05, 0.1) is 22.7 Å². The van der Waals surface area contributed by atoms with E-state index >= 15 is 0 Å². The molecule has 0 aromatic heterocycles. The molecule has 8 aromatic carbocycles. The molecule has 0 radical (unpaired) electrons. The number of anilines is 6. The van der Waals surface area contributed by atoms with E-state index in [1.165, 1.54) is 99.8 Å². The van der Waals surface area contributed by atoms with Crippen LogP contribution >= 0.6 is 0 Å². The van der Waals surface area contributed by atoms with E-state index in [0.717, 1.165) is 0 Å². The first-order valence-electron chi connectivity index (χ1n) is 20.5. The SMILES string of the molecule is C[Si]1(C)c2cc(N3c4ccccc4C=Cc4ccccc43)ccc2-c2ccc3c4c(ccc1c24)[Si](C)(C)c1cc(N2c4ccccc4C=Cc4ccccc42)ccc1-3. The highest BCUT2D eigenvalue weighted by molar-refractivity contribution is 7.05. The van der Waals surface area contributed by atoms with Crippen LogP contribution in [-0.2, 0) is 0 Å². The van der Waals surface area contributed by atoms with Gasteiger partial charge >= 0.3 is 0 Å². The Morgan fingerprint density at radius 3 is 0.966 bits per heavy atom. The van der Waals surface area contributed by atoms with E-state index in [1.54, 1.807) is 10.4 Å². The summed E-state index contributed by atoms with van der Waals surface area (Å²) in [6.45, 7) is 10.3. The normalized spacial score (nSPS) is 15.7. The molecule has 8 aromatic rings. The lowest BCUT2D eigenvalue weighted by molar-refractivity contribution is 1.28. The van der Waals surface area contributed by atoms with Crippen molar-refractivity contribution in [1.82, 2.24) is 0 Å². The van der Waals surface area contributed by atoms with Crippen LogP contribution in [-0.4, -0.2) is 16.1 Å². The van der Waals surface area contributed by atoms with Crippen LogP contribution in [0.3, 0.4) is 0 Å². The molecule has 0 amide bonds. The first-order chi connectivity index (χ1) is 28.3. The van der Waals surface area contributed by atoms with Gasteiger partial charge in [0.25, 0.3) is 0 Å². The minimum absolute atomic E-state index is 1.22. The first kappa shape index (κ1) is 33.7. The molecule has 0 bridgehead atoms. The minimum atomic E-state index is -2.17. The fourth-order valence-electron chi connectivity index (χ4n) is 10.6. The van der Waals surface area contributed by atoms with Gasteiger partial charge in [0.2, 0.25) is 0 Å². The van der Waals surface area contributed by atoms with Crippen LogP contribution in [0.4, 0.5) is 34.1 Å². The number of rotatable bonds is 2. The summed E-state index contributed by atoms with van der Waals surface area (Å²) in [6.07, 6.45) is 9.04. The molecule has 58 heavy (non-hydrogen) atoms. The van der Waals surface area contributed by atoms with Crippen molar-refractivity contribution in [3.05, 3.63) is 180 Å². The van der Waals surface area contributed by atoms with Gasteiger partial charge in [0.15, 0.2) is 0 Å². The molecule has 276 valence electrons. The van der Waals surface area contributed by atoms with Crippen LogP contribution in [0.15, 0.2) is 158 Å². The monoisotopic (exact) mass is 774 g/mol. The van der Waals surface area contributed by atoms with Gasteiger partial charge < -0.3 is 9.80 Å². The summed E-state index contributed by atoms with van der Waals surface area (Å²) < 4.78 is 0. The standard InChI is InChI=1S/C54H42N2Si2/c1-57(2)49-31-32-50-54-44(42-28-26-40(34-52(42)58(50,3)4)56-47-19-11-7-15-37(47)23-24-38-16-8-12-20-48(38)56)30-29-43(53(49)54)41-27-25-39(33-51(41)57)55-45-17-9-5-13-35(45)21-22-36-14-6-10-18-46(36)55/h5-34H,1-4H3. The van der Waals surface area contributed by atoms with Gasteiger partial charge in [-0.05, 0) is 125 Å². The van der Waals surface area contributed by atoms with Gasteiger partial charge in [0, 0.05) is 11.4 Å². The molecule has 4 aliphatic heterocycles. The van der Waals surface area contributed by atoms with Crippen LogP contribution in [0.25, 0.3) is 57.3 Å². The largest absolute Gasteiger partial charge is 0.309 e. The third-order valence-corrected chi connectivity index (χ3v) is 20.6. The van der Waals surface area contributed by atoms with E-state index in [0.29, 0.717) is 0 Å². The Bertz CT molecular complexity index is 2840. The van der Waals surface area contributed by atoms with E-state index in [2.05, 4.69) is 218 Å². The van der Waals surface area contributed by atoms with E-state index in [4.69, 9.17) is 0 Å². The van der Waals surface area contributed by atoms with E-state index in [9.17, 15) is 0 Å². The smallest absolute Gasteiger partial charge is 0.113 e. The topological polar surface area (TPSA) is 6.48 Å². The summed E-state index contributed by atoms with van der Waals surface area (Å²) in [5.74, 6) is 0. The predicted octanol–water partition coefficient (Wildman–Crippen LogP) is 12.4. The van der Waals surface area contributed by atoms with E-state index in [1.807, 2.05) is 0 Å². The number of nitrogens with zero attached hydrogens (tertiary/aromatic N) is 2. The molecule has 12 rings (SSSR count). The molecule has 0 saturated heterocycles. The minimum Gasteiger partial charge on any atom is -0.309 e. The molecule has 0 fully saturated rings. The lowest BCUT2D eigenvalue weighted by Crippen LogP contribution is -2.59. The molecule has 0 aliphatic carbocycles. The molecule has 0 spiro atoms. The second-order valence-electron chi connectivity index (χ2n) is 17.4. The lowest BCUT2D eigenvalue weighted by atomic mass is 9.90. The molecule has 2 nitrogen and oxygen atoms in total. The zero-order valence-electron chi connectivity index (χ0n) is 33.2. The Balaban J connectivity index is 1.03. The van der Waals surface area contributed by atoms with Crippen molar-refractivity contribution < 1.29 is 0 Å². The number of benzene rings is 8. The maximum atomic E-state index is 2.58. The average molecular weight is 775 g/mol. The van der Waals surface area contributed by atoms with Crippen LogP contribution in [0.1, 0.15) is 22.3 Å². The first-order valence-corrected chi connectivity index (χ1v) is 26.5. The molecular formula is C54H42N2Si2. The predicted molar refractivity (Wildman–Crippen MR) is 256 cm³/mol. The van der Waals surface area contributed by atoms with Crippen LogP contribution < -0.4 is 30.5 Å². The average Bonchev–Trinajstić information content (AvgIpc) is 3.53. The van der Waals surface area contributed by atoms with Crippen LogP contribution in [0, 0.1) is 0 Å². The third kappa shape index (κ3) is 4.58. The fourth-order valence-corrected chi connectivity index (χ4v) is 16.8. The fraction of sp³-hybridized carbons (Fsp3) is 0.0741. The molecular weight excluding hydrogens is 733 g/mol. The zero-order chi connectivity index (χ0) is 38.9. The Hall–Kier alpha value is -6.47. The molecule has 0 atom stereocenters. The van der Waals surface area contributed by atoms with Gasteiger partial charge in [-0.25, -0.2) is 0 Å². The van der Waals surface area contributed by atoms with Gasteiger partial charge in [-0.3, -0.25) is 0 Å². The van der Waals surface area contributed by atoms with Crippen molar-refractivity contribution in [3.8, 4) is 22.3 Å². The highest BCUT2D eigenvalue weighted by Crippen LogP contribution is 2.47. The Morgan fingerprint density at radius 2 is 0.621 bits per heavy atom. The van der Waals surface area contributed by atoms with Crippen molar-refractivity contribution in [1.29, 1.82) is 0 Å². The number of para-hydroxylation sites is 4. The maximum Gasteiger partial charge on any atom is 0.113 e.